The lowest BCUT2D eigenvalue weighted by Gasteiger charge is -2.23. The first-order valence-corrected chi connectivity index (χ1v) is 13.4. The van der Waals surface area contributed by atoms with Crippen LogP contribution in [0.4, 0.5) is 0 Å². The van der Waals surface area contributed by atoms with Crippen LogP contribution in [0.3, 0.4) is 0 Å². The second-order valence-electron chi connectivity index (χ2n) is 9.84. The van der Waals surface area contributed by atoms with Gasteiger partial charge in [-0.1, -0.05) is 0 Å². The normalized spacial score (nSPS) is 15.8. The molecular weight excluding hydrogens is 620 g/mol. The maximum Gasteiger partial charge on any atom is 0.200 e. The lowest BCUT2D eigenvalue weighted by atomic mass is 10.1. The van der Waals surface area contributed by atoms with Gasteiger partial charge in [0.2, 0.25) is 5.75 Å². The van der Waals surface area contributed by atoms with E-state index in [1.54, 1.807) is 0 Å². The molecule has 0 aliphatic rings. The van der Waals surface area contributed by atoms with Crippen molar-refractivity contribution in [2.45, 2.75) is 36.6 Å². The molecule has 17 nitrogen and oxygen atoms in total. The number of ether oxygens (including phenoxy) is 4. The molecule has 6 unspecified atom stereocenters. The molecule has 6 atom stereocenters. The zero-order chi connectivity index (χ0) is 34.3. The van der Waals surface area contributed by atoms with Crippen LogP contribution in [0.5, 0.6) is 28.7 Å². The number of carbonyl (C=O) groups excluding carboxylic acids is 1. The Morgan fingerprint density at radius 1 is 0.870 bits per heavy atom. The van der Waals surface area contributed by atoms with Gasteiger partial charge in [0, 0.05) is 23.8 Å². The van der Waals surface area contributed by atoms with Crippen LogP contribution in [-0.4, -0.2) is 128 Å². The van der Waals surface area contributed by atoms with E-state index in [4.69, 9.17) is 28.5 Å². The monoisotopic (exact) mass is 654 g/mol. The Bertz CT molecular complexity index is 1570. The summed E-state index contributed by atoms with van der Waals surface area (Å²) >= 11 is 0. The zero-order valence-corrected chi connectivity index (χ0v) is 24.4. The molecule has 0 aliphatic carbocycles. The molecule has 0 saturated heterocycles. The molecule has 0 radical (unpaired) electrons. The topological polar surface area (TPSA) is 286 Å². The number of phenols is 2. The summed E-state index contributed by atoms with van der Waals surface area (Å²) in [7, 11) is 2.62. The van der Waals surface area contributed by atoms with Crippen LogP contribution in [0.1, 0.15) is 0 Å². The third kappa shape index (κ3) is 8.15. The van der Waals surface area contributed by atoms with Gasteiger partial charge in [-0.3, -0.25) is 9.59 Å². The van der Waals surface area contributed by atoms with E-state index in [1.165, 1.54) is 32.4 Å². The van der Waals surface area contributed by atoms with Crippen molar-refractivity contribution in [3.8, 4) is 40.1 Å². The molecule has 0 bridgehead atoms. The van der Waals surface area contributed by atoms with E-state index in [-0.39, 0.29) is 45.3 Å². The summed E-state index contributed by atoms with van der Waals surface area (Å²) in [5.41, 5.74) is -0.496. The minimum atomic E-state index is -2.15. The van der Waals surface area contributed by atoms with Crippen LogP contribution < -0.4 is 19.6 Å². The number of phenolic OH excluding ortho intramolecular Hbond substituents is 2. The van der Waals surface area contributed by atoms with Gasteiger partial charge >= 0.3 is 0 Å². The van der Waals surface area contributed by atoms with Gasteiger partial charge in [0.05, 0.1) is 14.2 Å². The molecule has 17 heteroatoms. The summed E-state index contributed by atoms with van der Waals surface area (Å²) < 4.78 is 26.2. The number of methoxy groups -OCH3 is 2. The predicted molar refractivity (Wildman–Crippen MR) is 155 cm³/mol. The number of rotatable bonds is 16. The fraction of sp³-hybridized carbons (Fsp3) is 0.379. The third-order valence-electron chi connectivity index (χ3n) is 6.66. The summed E-state index contributed by atoms with van der Waals surface area (Å²) in [6.07, 6.45) is -11.6. The van der Waals surface area contributed by atoms with E-state index in [2.05, 4.69) is 0 Å². The van der Waals surface area contributed by atoms with Crippen LogP contribution in [-0.2, 0) is 9.53 Å². The molecule has 3 aromatic rings. The molecule has 46 heavy (non-hydrogen) atoms. The fourth-order valence-electron chi connectivity index (χ4n) is 4.07. The molecule has 1 aromatic heterocycles. The molecule has 0 spiro atoms. The Morgan fingerprint density at radius 3 is 2.04 bits per heavy atom. The van der Waals surface area contributed by atoms with Gasteiger partial charge in [-0.2, -0.15) is 0 Å². The lowest BCUT2D eigenvalue weighted by molar-refractivity contribution is -0.143. The Kier molecular flexibility index (Phi) is 12.2. The van der Waals surface area contributed by atoms with Gasteiger partial charge < -0.3 is 74.4 Å². The smallest absolute Gasteiger partial charge is 0.200 e. The number of fused-ring (bicyclic) bond motifs is 1. The number of ketones is 1. The van der Waals surface area contributed by atoms with Gasteiger partial charge in [-0.05, 0) is 12.1 Å². The van der Waals surface area contributed by atoms with Gasteiger partial charge in [-0.15, -0.1) is 0 Å². The molecule has 0 fully saturated rings. The number of hydrogen-bond donors (Lipinski definition) is 10. The highest BCUT2D eigenvalue weighted by Crippen LogP contribution is 2.41. The average Bonchev–Trinajstić information content (AvgIpc) is 3.04. The minimum Gasteiger partial charge on any atom is -0.507 e. The third-order valence-corrected chi connectivity index (χ3v) is 6.66. The number of aliphatic hydroxyl groups is 8. The molecule has 252 valence electrons. The molecule has 3 rings (SSSR count). The molecule has 0 aliphatic heterocycles. The summed E-state index contributed by atoms with van der Waals surface area (Å²) in [6.45, 7) is -2.60. The van der Waals surface area contributed by atoms with E-state index in [1.807, 2.05) is 0 Å². The predicted octanol–water partition coefficient (Wildman–Crippen LogP) is -1.59. The van der Waals surface area contributed by atoms with E-state index in [0.29, 0.717) is 6.26 Å². The first-order valence-electron chi connectivity index (χ1n) is 13.4. The quantitative estimate of drug-likeness (QED) is 0.0779. The van der Waals surface area contributed by atoms with Crippen LogP contribution in [0.25, 0.3) is 22.3 Å². The van der Waals surface area contributed by atoms with Gasteiger partial charge in [0.25, 0.3) is 0 Å². The largest absolute Gasteiger partial charge is 0.507 e. The Balaban J connectivity index is 1.70. The Labute approximate surface area is 259 Å². The summed E-state index contributed by atoms with van der Waals surface area (Å²) in [5.74, 6) is -3.08. The maximum atomic E-state index is 12.8. The highest BCUT2D eigenvalue weighted by Gasteiger charge is 2.31. The van der Waals surface area contributed by atoms with Crippen LogP contribution >= 0.6 is 0 Å². The number of benzene rings is 2. The van der Waals surface area contributed by atoms with E-state index >= 15 is 0 Å². The van der Waals surface area contributed by atoms with E-state index < -0.39 is 79.2 Å². The SMILES string of the molecule is COc1cc(-c2cc(=O)c3c(O)cc(OCC(O)C(O)C(O)C(O)=COCC(O)C(O)C(O)C(=O)CO)cc3o2)cc(OC)c1O. The number of Topliss-reactive ketones (excluding diaryl/α,β-unsaturated/α-hetero) is 1. The van der Waals surface area contributed by atoms with Crippen molar-refractivity contribution in [2.24, 2.45) is 0 Å². The Hall–Kier alpha value is -4.62. The van der Waals surface area contributed by atoms with Crippen molar-refractivity contribution in [3.05, 3.63) is 52.6 Å². The van der Waals surface area contributed by atoms with Crippen molar-refractivity contribution in [1.29, 1.82) is 0 Å². The fourth-order valence-corrected chi connectivity index (χ4v) is 4.07. The maximum absolute atomic E-state index is 12.8. The van der Waals surface area contributed by atoms with Crippen molar-refractivity contribution >= 4 is 16.8 Å². The minimum absolute atomic E-state index is 0.00515. The highest BCUT2D eigenvalue weighted by molar-refractivity contribution is 5.86. The van der Waals surface area contributed by atoms with Gasteiger partial charge in [0.1, 0.15) is 90.9 Å². The zero-order valence-electron chi connectivity index (χ0n) is 24.4. The van der Waals surface area contributed by atoms with Crippen molar-refractivity contribution in [3.63, 3.8) is 0 Å². The first-order chi connectivity index (χ1) is 21.7. The molecule has 0 amide bonds. The number of aromatic hydroxyl groups is 2. The first kappa shape index (κ1) is 35.9. The summed E-state index contributed by atoms with van der Waals surface area (Å²) in [6, 6.07) is 6.12. The molecule has 10 N–H and O–H groups in total. The number of aliphatic hydroxyl groups excluding tert-OH is 8. The standard InChI is InChI=1S/C29H34O17/c1-42-22-3-12(4-23(43-2)29(22)41)20-7-15(32)24-14(31)5-13(6-21(24)46-20)45-11-19(36)28(40)27(39)18(35)10-44-9-17(34)26(38)25(37)16(33)8-30/h3-7,10,17,19,25-28,30-31,34-41H,8-9,11H2,1-2H3. The van der Waals surface area contributed by atoms with Crippen molar-refractivity contribution < 1.29 is 79.2 Å². The van der Waals surface area contributed by atoms with E-state index in [0.717, 1.165) is 12.1 Å². The molecule has 1 heterocycles. The average molecular weight is 655 g/mol. The van der Waals surface area contributed by atoms with Gasteiger partial charge in [-0.25, -0.2) is 0 Å². The van der Waals surface area contributed by atoms with Crippen molar-refractivity contribution in [2.75, 3.05) is 34.0 Å². The van der Waals surface area contributed by atoms with Crippen LogP contribution in [0.2, 0.25) is 0 Å². The second-order valence-corrected chi connectivity index (χ2v) is 9.84. The van der Waals surface area contributed by atoms with Crippen LogP contribution in [0.15, 0.2) is 51.6 Å². The molecule has 2 aromatic carbocycles. The lowest BCUT2D eigenvalue weighted by Crippen LogP contribution is -2.45. The highest BCUT2D eigenvalue weighted by atomic mass is 16.5. The van der Waals surface area contributed by atoms with Gasteiger partial charge in [0.15, 0.2) is 28.5 Å². The summed E-state index contributed by atoms with van der Waals surface area (Å²) in [5, 5.41) is 98.8. The van der Waals surface area contributed by atoms with Crippen molar-refractivity contribution in [1.82, 2.24) is 0 Å². The molecular formula is C29H34O17. The number of hydrogen-bond acceptors (Lipinski definition) is 17. The Morgan fingerprint density at radius 2 is 1.46 bits per heavy atom. The second kappa shape index (κ2) is 15.6. The van der Waals surface area contributed by atoms with Crippen LogP contribution in [0, 0.1) is 0 Å². The number of carbonyl (C=O) groups is 1. The van der Waals surface area contributed by atoms with E-state index in [9.17, 15) is 55.5 Å². The summed E-state index contributed by atoms with van der Waals surface area (Å²) in [4.78, 5) is 24.0. The molecule has 0 saturated carbocycles.